The molecule has 2 N–H and O–H groups in total. The number of anilines is 1. The zero-order valence-electron chi connectivity index (χ0n) is 11.6. The van der Waals surface area contributed by atoms with Gasteiger partial charge in [-0.1, -0.05) is 34.1 Å². The first-order chi connectivity index (χ1) is 9.52. The lowest BCUT2D eigenvalue weighted by Crippen LogP contribution is -2.30. The Morgan fingerprint density at radius 1 is 1.25 bits per heavy atom. The van der Waals surface area contributed by atoms with Crippen molar-refractivity contribution in [1.29, 1.82) is 0 Å². The molecule has 2 rings (SSSR count). The zero-order valence-corrected chi connectivity index (χ0v) is 13.2. The average Bonchev–Trinajstić information content (AvgIpc) is 2.41. The van der Waals surface area contributed by atoms with Crippen molar-refractivity contribution < 1.29 is 4.39 Å². The van der Waals surface area contributed by atoms with Crippen molar-refractivity contribution in [2.24, 2.45) is 5.73 Å². The number of rotatable bonds is 4. The second kappa shape index (κ2) is 6.37. The fraction of sp³-hybridized carbons (Fsp3) is 0.250. The largest absolute Gasteiger partial charge is 0.366 e. The minimum atomic E-state index is -0.255. The summed E-state index contributed by atoms with van der Waals surface area (Å²) in [6.45, 7) is 2.51. The Hall–Kier alpha value is -1.39. The Morgan fingerprint density at radius 3 is 2.60 bits per heavy atom. The van der Waals surface area contributed by atoms with Gasteiger partial charge in [0.2, 0.25) is 0 Å². The van der Waals surface area contributed by atoms with E-state index in [1.165, 1.54) is 17.7 Å². The lowest BCUT2D eigenvalue weighted by atomic mass is 10.0. The maximum atomic E-state index is 13.2. The summed E-state index contributed by atoms with van der Waals surface area (Å²) in [7, 11) is 2.00. The van der Waals surface area contributed by atoms with Crippen LogP contribution in [0.15, 0.2) is 46.9 Å². The van der Waals surface area contributed by atoms with Crippen LogP contribution in [0.5, 0.6) is 0 Å². The normalized spacial score (nSPS) is 12.2. The third-order valence-corrected chi connectivity index (χ3v) is 4.11. The predicted molar refractivity (Wildman–Crippen MR) is 85.5 cm³/mol. The van der Waals surface area contributed by atoms with Crippen LogP contribution in [0.2, 0.25) is 0 Å². The van der Waals surface area contributed by atoms with Crippen molar-refractivity contribution in [3.05, 3.63) is 63.9 Å². The number of likely N-dealkylation sites (N-methyl/N-ethyl adjacent to an activating group) is 1. The van der Waals surface area contributed by atoms with Gasteiger partial charge in [-0.3, -0.25) is 0 Å². The van der Waals surface area contributed by atoms with E-state index < -0.39 is 0 Å². The Balaban J connectivity index is 2.36. The molecule has 0 saturated heterocycles. The third-order valence-electron chi connectivity index (χ3n) is 3.42. The molecular weight excluding hydrogens is 319 g/mol. The van der Waals surface area contributed by atoms with E-state index in [1.807, 2.05) is 19.2 Å². The van der Waals surface area contributed by atoms with Gasteiger partial charge in [-0.25, -0.2) is 4.39 Å². The lowest BCUT2D eigenvalue weighted by Gasteiger charge is -2.30. The quantitative estimate of drug-likeness (QED) is 0.913. The molecule has 0 spiro atoms. The highest BCUT2D eigenvalue weighted by atomic mass is 79.9. The molecule has 0 saturated carbocycles. The summed E-state index contributed by atoms with van der Waals surface area (Å²) in [4.78, 5) is 2.12. The second-order valence-corrected chi connectivity index (χ2v) is 5.72. The molecule has 2 aromatic rings. The molecule has 0 aromatic heterocycles. The van der Waals surface area contributed by atoms with Gasteiger partial charge in [0.1, 0.15) is 5.82 Å². The molecule has 2 aromatic carbocycles. The molecule has 0 aliphatic rings. The Labute approximate surface area is 127 Å². The van der Waals surface area contributed by atoms with Gasteiger partial charge in [0.15, 0.2) is 0 Å². The molecule has 0 heterocycles. The van der Waals surface area contributed by atoms with Crippen LogP contribution in [0.4, 0.5) is 10.1 Å². The summed E-state index contributed by atoms with van der Waals surface area (Å²) in [5.41, 5.74) is 9.21. The van der Waals surface area contributed by atoms with Crippen molar-refractivity contribution in [2.75, 3.05) is 18.5 Å². The predicted octanol–water partition coefficient (Wildman–Crippen LogP) is 4.03. The van der Waals surface area contributed by atoms with Crippen LogP contribution in [0.1, 0.15) is 17.2 Å². The number of hydrogen-bond donors (Lipinski definition) is 1. The van der Waals surface area contributed by atoms with Gasteiger partial charge in [0.05, 0.1) is 6.04 Å². The molecule has 2 nitrogen and oxygen atoms in total. The first-order valence-electron chi connectivity index (χ1n) is 6.47. The van der Waals surface area contributed by atoms with E-state index in [0.29, 0.717) is 6.54 Å². The molecule has 0 bridgehead atoms. The highest BCUT2D eigenvalue weighted by molar-refractivity contribution is 9.10. The van der Waals surface area contributed by atoms with E-state index >= 15 is 0 Å². The maximum Gasteiger partial charge on any atom is 0.124 e. The van der Waals surface area contributed by atoms with E-state index in [1.54, 1.807) is 6.07 Å². The molecule has 1 unspecified atom stereocenters. The van der Waals surface area contributed by atoms with Crippen molar-refractivity contribution in [3.8, 4) is 0 Å². The Bertz CT molecular complexity index is 601. The number of nitrogens with zero attached hydrogens (tertiary/aromatic N) is 1. The summed E-state index contributed by atoms with van der Waals surface area (Å²) in [6.07, 6.45) is 0. The topological polar surface area (TPSA) is 29.3 Å². The van der Waals surface area contributed by atoms with E-state index in [0.717, 1.165) is 15.7 Å². The molecule has 0 fully saturated rings. The fourth-order valence-corrected chi connectivity index (χ4v) is 2.91. The molecular formula is C16H18BrFN2. The van der Waals surface area contributed by atoms with Gasteiger partial charge in [-0.05, 0) is 42.3 Å². The van der Waals surface area contributed by atoms with Gasteiger partial charge in [0, 0.05) is 23.8 Å². The Kier molecular flexibility index (Phi) is 4.78. The molecule has 0 radical (unpaired) electrons. The summed E-state index contributed by atoms with van der Waals surface area (Å²) < 4.78 is 14.0. The van der Waals surface area contributed by atoms with Crippen LogP contribution in [0, 0.1) is 12.7 Å². The van der Waals surface area contributed by atoms with Crippen LogP contribution in [0.25, 0.3) is 0 Å². The van der Waals surface area contributed by atoms with Crippen LogP contribution in [-0.2, 0) is 0 Å². The molecule has 0 aliphatic carbocycles. The monoisotopic (exact) mass is 336 g/mol. The summed E-state index contributed by atoms with van der Waals surface area (Å²) in [6, 6.07) is 13.0. The second-order valence-electron chi connectivity index (χ2n) is 4.87. The number of hydrogen-bond acceptors (Lipinski definition) is 2. The number of benzene rings is 2. The number of nitrogens with two attached hydrogens (primary N) is 1. The summed E-state index contributed by atoms with van der Waals surface area (Å²) >= 11 is 3.42. The van der Waals surface area contributed by atoms with Crippen LogP contribution >= 0.6 is 15.9 Å². The van der Waals surface area contributed by atoms with Gasteiger partial charge < -0.3 is 10.6 Å². The molecule has 0 amide bonds. The molecule has 1 atom stereocenters. The van der Waals surface area contributed by atoms with Gasteiger partial charge in [0.25, 0.3) is 0 Å². The highest BCUT2D eigenvalue weighted by Gasteiger charge is 2.19. The van der Waals surface area contributed by atoms with Crippen LogP contribution in [0.3, 0.4) is 0 Å². The molecule has 106 valence electrons. The van der Waals surface area contributed by atoms with E-state index in [-0.39, 0.29) is 11.9 Å². The van der Waals surface area contributed by atoms with E-state index in [2.05, 4.69) is 39.9 Å². The summed E-state index contributed by atoms with van der Waals surface area (Å²) in [5.74, 6) is -0.255. The van der Waals surface area contributed by atoms with Crippen LogP contribution in [-0.4, -0.2) is 13.6 Å². The zero-order chi connectivity index (χ0) is 14.7. The van der Waals surface area contributed by atoms with Crippen molar-refractivity contribution in [1.82, 2.24) is 0 Å². The average molecular weight is 337 g/mol. The van der Waals surface area contributed by atoms with E-state index in [9.17, 15) is 4.39 Å². The smallest absolute Gasteiger partial charge is 0.124 e. The highest BCUT2D eigenvalue weighted by Crippen LogP contribution is 2.30. The van der Waals surface area contributed by atoms with Gasteiger partial charge in [-0.2, -0.15) is 0 Å². The van der Waals surface area contributed by atoms with Crippen molar-refractivity contribution >= 4 is 21.6 Å². The number of halogens is 2. The lowest BCUT2D eigenvalue weighted by molar-refractivity contribution is 0.620. The molecule has 20 heavy (non-hydrogen) atoms. The van der Waals surface area contributed by atoms with Crippen LogP contribution < -0.4 is 10.6 Å². The van der Waals surface area contributed by atoms with Gasteiger partial charge in [-0.15, -0.1) is 0 Å². The van der Waals surface area contributed by atoms with Crippen molar-refractivity contribution in [2.45, 2.75) is 13.0 Å². The van der Waals surface area contributed by atoms with Crippen molar-refractivity contribution in [3.63, 3.8) is 0 Å². The maximum absolute atomic E-state index is 13.2. The first-order valence-corrected chi connectivity index (χ1v) is 7.26. The fourth-order valence-electron chi connectivity index (χ4n) is 2.29. The minimum absolute atomic E-state index is 0.00762. The van der Waals surface area contributed by atoms with Gasteiger partial charge >= 0.3 is 0 Å². The SMILES string of the molecule is Cc1cccc(N(C)C(CN)c2ccc(F)cc2Br)c1. The Morgan fingerprint density at radius 2 is 2.00 bits per heavy atom. The molecule has 4 heteroatoms. The third kappa shape index (κ3) is 3.19. The standard InChI is InChI=1S/C16H18BrFN2/c1-11-4-3-5-13(8-11)20(2)16(10-19)14-7-6-12(18)9-15(14)17/h3-9,16H,10,19H2,1-2H3. The summed E-state index contributed by atoms with van der Waals surface area (Å²) in [5, 5.41) is 0. The minimum Gasteiger partial charge on any atom is -0.366 e. The molecule has 0 aliphatic heterocycles. The first kappa shape index (κ1) is 15.0. The van der Waals surface area contributed by atoms with E-state index in [4.69, 9.17) is 5.73 Å². The number of aryl methyl sites for hydroxylation is 1.